The van der Waals surface area contributed by atoms with Crippen molar-refractivity contribution in [3.8, 4) is 5.75 Å². The lowest BCUT2D eigenvalue weighted by Crippen LogP contribution is -2.30. The third kappa shape index (κ3) is 5.02. The molecule has 3 amide bonds. The van der Waals surface area contributed by atoms with Crippen LogP contribution < -0.4 is 15.0 Å². The first-order chi connectivity index (χ1) is 17.6. The molecule has 9 heteroatoms. The number of carbonyl (C=O) groups excluding carboxylic acids is 3. The number of imidazole rings is 1. The average Bonchev–Trinajstić information content (AvgIpc) is 3.27. The molecule has 0 atom stereocenters. The summed E-state index contributed by atoms with van der Waals surface area (Å²) < 4.78 is 5.49. The standard InChI is InChI=1S/C28H29N5O4/c1-16-10-13-23(20(14-16)28(36)32(3)4)33(5)27(35)18-11-12-21(24(15-18)37-6)31-26(34)19-8-7-9-22-25(19)30-17(2)29-22/h7-15H,1-6H3,(H,29,30)(H,31,34). The molecule has 3 aromatic carbocycles. The minimum atomic E-state index is -0.349. The van der Waals surface area contributed by atoms with E-state index in [-0.39, 0.29) is 17.7 Å². The van der Waals surface area contributed by atoms with Crippen molar-refractivity contribution in [2.24, 2.45) is 0 Å². The SMILES string of the molecule is COc1cc(C(=O)N(C)c2ccc(C)cc2C(=O)N(C)C)ccc1NC(=O)c1cccc2[nH]c(C)nc12. The molecule has 0 aliphatic rings. The van der Waals surface area contributed by atoms with Gasteiger partial charge in [-0.3, -0.25) is 14.4 Å². The Kier molecular flexibility index (Phi) is 6.97. The molecule has 0 bridgehead atoms. The summed E-state index contributed by atoms with van der Waals surface area (Å²) in [6.07, 6.45) is 0. The van der Waals surface area contributed by atoms with Crippen molar-refractivity contribution in [1.82, 2.24) is 14.9 Å². The largest absolute Gasteiger partial charge is 0.495 e. The Morgan fingerprint density at radius 1 is 0.919 bits per heavy atom. The van der Waals surface area contributed by atoms with Gasteiger partial charge in [0.1, 0.15) is 17.1 Å². The Hall–Kier alpha value is -4.66. The van der Waals surface area contributed by atoms with E-state index in [4.69, 9.17) is 4.74 Å². The first-order valence-corrected chi connectivity index (χ1v) is 11.7. The first-order valence-electron chi connectivity index (χ1n) is 11.7. The number of benzene rings is 3. The van der Waals surface area contributed by atoms with Gasteiger partial charge in [0.25, 0.3) is 17.7 Å². The van der Waals surface area contributed by atoms with Gasteiger partial charge in [0, 0.05) is 26.7 Å². The normalized spacial score (nSPS) is 10.8. The molecule has 0 spiro atoms. The number of hydrogen-bond acceptors (Lipinski definition) is 5. The highest BCUT2D eigenvalue weighted by Crippen LogP contribution is 2.29. The lowest BCUT2D eigenvalue weighted by molar-refractivity contribution is 0.0828. The predicted octanol–water partition coefficient (Wildman–Crippen LogP) is 4.42. The van der Waals surface area contributed by atoms with Crippen LogP contribution in [0, 0.1) is 13.8 Å². The number of nitrogens with zero attached hydrogens (tertiary/aromatic N) is 3. The molecule has 2 N–H and O–H groups in total. The molecule has 0 unspecified atom stereocenters. The van der Waals surface area contributed by atoms with Crippen molar-refractivity contribution in [2.75, 3.05) is 38.5 Å². The van der Waals surface area contributed by atoms with Crippen molar-refractivity contribution in [3.05, 3.63) is 82.7 Å². The summed E-state index contributed by atoms with van der Waals surface area (Å²) in [5.41, 5.74) is 4.35. The fraction of sp³-hybridized carbons (Fsp3) is 0.214. The van der Waals surface area contributed by atoms with Gasteiger partial charge in [-0.1, -0.05) is 17.7 Å². The zero-order chi connectivity index (χ0) is 26.9. The van der Waals surface area contributed by atoms with Crippen LogP contribution in [0.15, 0.2) is 54.6 Å². The molecule has 37 heavy (non-hydrogen) atoms. The minimum absolute atomic E-state index is 0.198. The third-order valence-electron chi connectivity index (χ3n) is 6.03. The monoisotopic (exact) mass is 499 g/mol. The molecule has 0 saturated carbocycles. The van der Waals surface area contributed by atoms with E-state index in [1.54, 1.807) is 63.6 Å². The Morgan fingerprint density at radius 2 is 1.68 bits per heavy atom. The Bertz CT molecular complexity index is 1520. The van der Waals surface area contributed by atoms with Crippen LogP contribution in [0.25, 0.3) is 11.0 Å². The molecule has 1 aromatic heterocycles. The van der Waals surface area contributed by atoms with E-state index >= 15 is 0 Å². The first kappa shape index (κ1) is 25.4. The second-order valence-electron chi connectivity index (χ2n) is 8.98. The maximum Gasteiger partial charge on any atom is 0.258 e. The van der Waals surface area contributed by atoms with Gasteiger partial charge >= 0.3 is 0 Å². The van der Waals surface area contributed by atoms with E-state index in [9.17, 15) is 14.4 Å². The molecule has 190 valence electrons. The summed E-state index contributed by atoms with van der Waals surface area (Å²) in [5.74, 6) is 0.161. The van der Waals surface area contributed by atoms with Crippen LogP contribution in [0.5, 0.6) is 5.75 Å². The van der Waals surface area contributed by atoms with Crippen molar-refractivity contribution >= 4 is 40.1 Å². The lowest BCUT2D eigenvalue weighted by atomic mass is 10.1. The summed E-state index contributed by atoms with van der Waals surface area (Å²) in [5, 5.41) is 2.86. The molecule has 0 radical (unpaired) electrons. The van der Waals surface area contributed by atoms with Crippen LogP contribution in [0.1, 0.15) is 42.5 Å². The molecule has 0 saturated heterocycles. The maximum atomic E-state index is 13.4. The molecule has 4 aromatic rings. The molecular weight excluding hydrogens is 470 g/mol. The Balaban J connectivity index is 1.62. The third-order valence-corrected chi connectivity index (χ3v) is 6.03. The van der Waals surface area contributed by atoms with Gasteiger partial charge in [-0.25, -0.2) is 4.98 Å². The van der Waals surface area contributed by atoms with E-state index in [1.165, 1.54) is 16.9 Å². The molecule has 0 aliphatic carbocycles. The number of para-hydroxylation sites is 1. The molecule has 9 nitrogen and oxygen atoms in total. The van der Waals surface area contributed by atoms with Gasteiger partial charge in [-0.2, -0.15) is 0 Å². The number of H-pyrrole nitrogens is 1. The summed E-state index contributed by atoms with van der Waals surface area (Å²) in [4.78, 5) is 49.7. The van der Waals surface area contributed by atoms with E-state index < -0.39 is 0 Å². The van der Waals surface area contributed by atoms with E-state index in [0.29, 0.717) is 45.2 Å². The second-order valence-corrected chi connectivity index (χ2v) is 8.98. The summed E-state index contributed by atoms with van der Waals surface area (Å²) >= 11 is 0. The predicted molar refractivity (Wildman–Crippen MR) is 144 cm³/mol. The van der Waals surface area contributed by atoms with E-state index in [2.05, 4.69) is 15.3 Å². The number of rotatable bonds is 6. The number of anilines is 2. The number of amides is 3. The summed E-state index contributed by atoms with van der Waals surface area (Å²) in [6.45, 7) is 3.72. The van der Waals surface area contributed by atoms with Crippen LogP contribution in [0.3, 0.4) is 0 Å². The van der Waals surface area contributed by atoms with Gasteiger partial charge in [0.2, 0.25) is 0 Å². The topological polar surface area (TPSA) is 108 Å². The van der Waals surface area contributed by atoms with E-state index in [0.717, 1.165) is 11.1 Å². The van der Waals surface area contributed by atoms with Gasteiger partial charge in [-0.15, -0.1) is 0 Å². The molecule has 0 aliphatic heterocycles. The molecule has 4 rings (SSSR count). The number of fused-ring (bicyclic) bond motifs is 1. The number of aromatic amines is 1. The maximum absolute atomic E-state index is 13.4. The number of ether oxygens (including phenoxy) is 1. The van der Waals surface area contributed by atoms with Crippen LogP contribution in [-0.4, -0.2) is 60.8 Å². The van der Waals surface area contributed by atoms with Gasteiger partial charge in [0.05, 0.1) is 35.1 Å². The fourth-order valence-electron chi connectivity index (χ4n) is 4.11. The van der Waals surface area contributed by atoms with Gasteiger partial charge < -0.3 is 24.8 Å². The summed E-state index contributed by atoms with van der Waals surface area (Å²) in [7, 11) is 6.42. The van der Waals surface area contributed by atoms with Crippen LogP contribution >= 0.6 is 0 Å². The van der Waals surface area contributed by atoms with Crippen LogP contribution in [-0.2, 0) is 0 Å². The highest BCUT2D eigenvalue weighted by atomic mass is 16.5. The second kappa shape index (κ2) is 10.1. The smallest absolute Gasteiger partial charge is 0.258 e. The zero-order valence-electron chi connectivity index (χ0n) is 21.7. The number of carbonyl (C=O) groups is 3. The number of aromatic nitrogens is 2. The quantitative estimate of drug-likeness (QED) is 0.408. The van der Waals surface area contributed by atoms with Crippen molar-refractivity contribution in [1.29, 1.82) is 0 Å². The fourth-order valence-corrected chi connectivity index (χ4v) is 4.11. The molecule has 0 fully saturated rings. The zero-order valence-corrected chi connectivity index (χ0v) is 21.7. The van der Waals surface area contributed by atoms with Crippen LogP contribution in [0.4, 0.5) is 11.4 Å². The van der Waals surface area contributed by atoms with Crippen molar-refractivity contribution < 1.29 is 19.1 Å². The minimum Gasteiger partial charge on any atom is -0.495 e. The number of aryl methyl sites for hydroxylation is 2. The Labute approximate surface area is 215 Å². The van der Waals surface area contributed by atoms with Crippen molar-refractivity contribution in [2.45, 2.75) is 13.8 Å². The number of nitrogens with one attached hydrogen (secondary N) is 2. The highest BCUT2D eigenvalue weighted by Gasteiger charge is 2.23. The summed E-state index contributed by atoms with van der Waals surface area (Å²) in [6, 6.07) is 15.5. The van der Waals surface area contributed by atoms with E-state index in [1.807, 2.05) is 26.0 Å². The number of hydrogen-bond donors (Lipinski definition) is 2. The highest BCUT2D eigenvalue weighted by molar-refractivity contribution is 6.13. The lowest BCUT2D eigenvalue weighted by Gasteiger charge is -2.23. The molecular formula is C28H29N5O4. The van der Waals surface area contributed by atoms with Gasteiger partial charge in [-0.05, 0) is 56.3 Å². The molecule has 1 heterocycles. The Morgan fingerprint density at radius 3 is 2.38 bits per heavy atom. The number of methoxy groups -OCH3 is 1. The van der Waals surface area contributed by atoms with Crippen LogP contribution in [0.2, 0.25) is 0 Å². The van der Waals surface area contributed by atoms with Crippen molar-refractivity contribution in [3.63, 3.8) is 0 Å². The average molecular weight is 500 g/mol. The van der Waals surface area contributed by atoms with Gasteiger partial charge in [0.15, 0.2) is 0 Å².